The maximum absolute atomic E-state index is 9.24. The van der Waals surface area contributed by atoms with Crippen molar-refractivity contribution >= 4 is 5.82 Å². The van der Waals surface area contributed by atoms with E-state index in [4.69, 9.17) is 5.73 Å². The van der Waals surface area contributed by atoms with E-state index in [2.05, 4.69) is 28.9 Å². The van der Waals surface area contributed by atoms with Crippen molar-refractivity contribution in [2.45, 2.75) is 52.1 Å². The van der Waals surface area contributed by atoms with Gasteiger partial charge in [0.15, 0.2) is 5.82 Å². The van der Waals surface area contributed by atoms with Crippen LogP contribution in [0, 0.1) is 0 Å². The summed E-state index contributed by atoms with van der Waals surface area (Å²) in [5.74, 6) is 0.883. The quantitative estimate of drug-likeness (QED) is 0.769. The first kappa shape index (κ1) is 14.2. The number of anilines is 1. The third kappa shape index (κ3) is 2.87. The molecule has 1 aromatic rings. The fourth-order valence-electron chi connectivity index (χ4n) is 2.64. The monoisotopic (exact) mass is 264 g/mol. The zero-order valence-corrected chi connectivity index (χ0v) is 11.9. The van der Waals surface area contributed by atoms with Crippen LogP contribution in [0.5, 0.6) is 0 Å². The first-order chi connectivity index (χ1) is 9.26. The van der Waals surface area contributed by atoms with Gasteiger partial charge >= 0.3 is 0 Å². The summed E-state index contributed by atoms with van der Waals surface area (Å²) in [6, 6.07) is 0.504. The Labute approximate surface area is 114 Å². The van der Waals surface area contributed by atoms with Crippen molar-refractivity contribution in [2.75, 3.05) is 18.1 Å². The zero-order valence-electron chi connectivity index (χ0n) is 11.9. The predicted octanol–water partition coefficient (Wildman–Crippen LogP) is 1.02. The van der Waals surface area contributed by atoms with Crippen molar-refractivity contribution in [1.82, 2.24) is 10.2 Å². The zero-order chi connectivity index (χ0) is 13.8. The molecule has 0 aliphatic heterocycles. The number of rotatable bonds is 7. The van der Waals surface area contributed by atoms with Gasteiger partial charge in [-0.3, -0.25) is 0 Å². The molecule has 2 rings (SSSR count). The minimum atomic E-state index is 0.138. The number of nitrogens with two attached hydrogens (primary N) is 1. The highest BCUT2D eigenvalue weighted by Gasteiger charge is 2.31. The van der Waals surface area contributed by atoms with Gasteiger partial charge in [0, 0.05) is 24.7 Å². The van der Waals surface area contributed by atoms with Gasteiger partial charge in [-0.05, 0) is 31.2 Å². The van der Waals surface area contributed by atoms with Gasteiger partial charge in [0.2, 0.25) is 0 Å². The average Bonchev–Trinajstić information content (AvgIpc) is 3.27. The van der Waals surface area contributed by atoms with Gasteiger partial charge in [-0.25, -0.2) is 0 Å². The molecular formula is C14H24N4O. The van der Waals surface area contributed by atoms with Crippen LogP contribution in [0.1, 0.15) is 43.5 Å². The van der Waals surface area contributed by atoms with E-state index >= 15 is 0 Å². The van der Waals surface area contributed by atoms with Gasteiger partial charge in [-0.2, -0.15) is 5.10 Å². The van der Waals surface area contributed by atoms with Gasteiger partial charge in [0.25, 0.3) is 0 Å². The number of aryl methyl sites for hydroxylation is 1. The van der Waals surface area contributed by atoms with Crippen LogP contribution in [0.25, 0.3) is 0 Å². The van der Waals surface area contributed by atoms with Crippen LogP contribution in [0.4, 0.5) is 5.82 Å². The Balaban J connectivity index is 2.43. The number of aliphatic hydroxyl groups is 1. The average molecular weight is 264 g/mol. The van der Waals surface area contributed by atoms with Gasteiger partial charge in [-0.15, -0.1) is 5.10 Å². The maximum Gasteiger partial charge on any atom is 0.156 e. The van der Waals surface area contributed by atoms with Crippen molar-refractivity contribution in [1.29, 1.82) is 0 Å². The Morgan fingerprint density at radius 3 is 2.42 bits per heavy atom. The topological polar surface area (TPSA) is 75.3 Å². The highest BCUT2D eigenvalue weighted by molar-refractivity contribution is 5.53. The molecule has 1 aromatic heterocycles. The van der Waals surface area contributed by atoms with E-state index in [-0.39, 0.29) is 6.61 Å². The summed E-state index contributed by atoms with van der Waals surface area (Å²) >= 11 is 0. The largest absolute Gasteiger partial charge is 0.395 e. The first-order valence-electron chi connectivity index (χ1n) is 7.21. The molecule has 0 unspecified atom stereocenters. The van der Waals surface area contributed by atoms with E-state index in [0.29, 0.717) is 19.1 Å². The Morgan fingerprint density at radius 2 is 1.95 bits per heavy atom. The normalized spacial score (nSPS) is 14.7. The van der Waals surface area contributed by atoms with Gasteiger partial charge in [0.05, 0.1) is 12.3 Å². The summed E-state index contributed by atoms with van der Waals surface area (Å²) in [5.41, 5.74) is 9.34. The highest BCUT2D eigenvalue weighted by atomic mass is 16.3. The highest BCUT2D eigenvalue weighted by Crippen LogP contribution is 2.33. The smallest absolute Gasteiger partial charge is 0.156 e. The molecule has 0 bridgehead atoms. The van der Waals surface area contributed by atoms with Crippen LogP contribution in [-0.2, 0) is 19.4 Å². The summed E-state index contributed by atoms with van der Waals surface area (Å²) in [6.45, 7) is 5.46. The SMILES string of the molecule is CCc1nnc(N(CCO)C2CC2)c(CN)c1CC. The molecule has 19 heavy (non-hydrogen) atoms. The van der Waals surface area contributed by atoms with Crippen LogP contribution in [-0.4, -0.2) is 34.5 Å². The van der Waals surface area contributed by atoms with Gasteiger partial charge in [0.1, 0.15) is 0 Å². The van der Waals surface area contributed by atoms with E-state index in [1.54, 1.807) is 0 Å². The lowest BCUT2D eigenvalue weighted by atomic mass is 10.0. The van der Waals surface area contributed by atoms with E-state index in [1.165, 1.54) is 18.4 Å². The molecule has 3 N–H and O–H groups in total. The molecule has 0 amide bonds. The van der Waals surface area contributed by atoms with E-state index in [1.807, 2.05) is 0 Å². The minimum absolute atomic E-state index is 0.138. The molecule has 5 heteroatoms. The van der Waals surface area contributed by atoms with Crippen molar-refractivity contribution in [3.8, 4) is 0 Å². The molecule has 5 nitrogen and oxygen atoms in total. The number of aromatic nitrogens is 2. The summed E-state index contributed by atoms with van der Waals surface area (Å²) in [6.07, 6.45) is 4.15. The molecule has 0 spiro atoms. The number of aliphatic hydroxyl groups excluding tert-OH is 1. The molecule has 0 radical (unpaired) electrons. The Hall–Kier alpha value is -1.20. The summed E-state index contributed by atoms with van der Waals surface area (Å²) in [4.78, 5) is 2.17. The number of hydrogen-bond acceptors (Lipinski definition) is 5. The van der Waals surface area contributed by atoms with E-state index in [9.17, 15) is 5.11 Å². The molecule has 0 saturated heterocycles. The van der Waals surface area contributed by atoms with Crippen LogP contribution < -0.4 is 10.6 Å². The summed E-state index contributed by atoms with van der Waals surface area (Å²) < 4.78 is 0. The fourth-order valence-corrected chi connectivity index (χ4v) is 2.64. The summed E-state index contributed by atoms with van der Waals surface area (Å²) in [5, 5.41) is 18.0. The van der Waals surface area contributed by atoms with E-state index in [0.717, 1.165) is 29.9 Å². The standard InChI is InChI=1S/C14H24N4O/c1-3-11-12(9-15)14(17-16-13(11)4-2)18(7-8-19)10-5-6-10/h10,19H,3-9,15H2,1-2H3. The molecular weight excluding hydrogens is 240 g/mol. The second-order valence-corrected chi connectivity index (χ2v) is 4.99. The first-order valence-corrected chi connectivity index (χ1v) is 7.21. The summed E-state index contributed by atoms with van der Waals surface area (Å²) in [7, 11) is 0. The van der Waals surface area contributed by atoms with Crippen LogP contribution in [0.2, 0.25) is 0 Å². The lowest BCUT2D eigenvalue weighted by molar-refractivity contribution is 0.301. The maximum atomic E-state index is 9.24. The second-order valence-electron chi connectivity index (χ2n) is 4.99. The van der Waals surface area contributed by atoms with Crippen LogP contribution >= 0.6 is 0 Å². The molecule has 1 fully saturated rings. The molecule has 1 heterocycles. The minimum Gasteiger partial charge on any atom is -0.395 e. The van der Waals surface area contributed by atoms with Crippen molar-refractivity contribution in [3.05, 3.63) is 16.8 Å². The van der Waals surface area contributed by atoms with Gasteiger partial charge in [-0.1, -0.05) is 13.8 Å². The van der Waals surface area contributed by atoms with Crippen molar-refractivity contribution in [3.63, 3.8) is 0 Å². The van der Waals surface area contributed by atoms with Crippen LogP contribution in [0.15, 0.2) is 0 Å². The lowest BCUT2D eigenvalue weighted by Crippen LogP contribution is -2.32. The third-order valence-corrected chi connectivity index (χ3v) is 3.74. The second kappa shape index (κ2) is 6.30. The van der Waals surface area contributed by atoms with Crippen molar-refractivity contribution in [2.24, 2.45) is 5.73 Å². The van der Waals surface area contributed by atoms with Crippen LogP contribution in [0.3, 0.4) is 0 Å². The van der Waals surface area contributed by atoms with E-state index < -0.39 is 0 Å². The molecule has 1 saturated carbocycles. The Bertz CT molecular complexity index is 432. The molecule has 1 aliphatic carbocycles. The lowest BCUT2D eigenvalue weighted by Gasteiger charge is -2.26. The predicted molar refractivity (Wildman–Crippen MR) is 76.1 cm³/mol. The molecule has 106 valence electrons. The Kier molecular flexibility index (Phi) is 4.71. The molecule has 1 aliphatic rings. The number of hydrogen-bond donors (Lipinski definition) is 2. The fraction of sp³-hybridized carbons (Fsp3) is 0.714. The number of nitrogens with zero attached hydrogens (tertiary/aromatic N) is 3. The third-order valence-electron chi connectivity index (χ3n) is 3.74. The molecule has 0 atom stereocenters. The Morgan fingerprint density at radius 1 is 1.21 bits per heavy atom. The van der Waals surface area contributed by atoms with Gasteiger partial charge < -0.3 is 15.7 Å². The molecule has 0 aromatic carbocycles. The van der Waals surface area contributed by atoms with Crippen molar-refractivity contribution < 1.29 is 5.11 Å².